The van der Waals surface area contributed by atoms with E-state index in [0.717, 1.165) is 25.3 Å². The summed E-state index contributed by atoms with van der Waals surface area (Å²) >= 11 is 5.77. The highest BCUT2D eigenvalue weighted by Crippen LogP contribution is 2.29. The average molecular weight is 403 g/mol. The zero-order valence-corrected chi connectivity index (χ0v) is 16.3. The minimum absolute atomic E-state index is 0.0501. The first-order valence-corrected chi connectivity index (χ1v) is 10.3. The van der Waals surface area contributed by atoms with Crippen LogP contribution >= 0.6 is 11.6 Å². The van der Waals surface area contributed by atoms with Gasteiger partial charge in [-0.25, -0.2) is 18.4 Å². The van der Waals surface area contributed by atoms with Gasteiger partial charge in [-0.3, -0.25) is 4.79 Å². The Balaban J connectivity index is 1.95. The molecule has 3 N–H and O–H groups in total. The fourth-order valence-electron chi connectivity index (χ4n) is 3.10. The summed E-state index contributed by atoms with van der Waals surface area (Å²) in [5.41, 5.74) is -0.0501. The number of benzene rings is 1. The number of rotatable bonds is 5. The number of nitrogens with two attached hydrogens (primary N) is 1. The van der Waals surface area contributed by atoms with Crippen molar-refractivity contribution in [1.82, 2.24) is 5.32 Å². The number of hydrogen-bond acceptors (Lipinski definition) is 5. The van der Waals surface area contributed by atoms with E-state index in [0.29, 0.717) is 11.8 Å². The standard InChI is InChI=1S/C17H23ClN2O5S/c1-10-4-3-5-14(11(10)2)20-16(21)9-25-17(22)12-6-7-13(18)15(8-12)26(19,23)24/h6-8,10-11,14H,3-5,9H2,1-2H3,(H,20,21)(H2,19,23,24). The van der Waals surface area contributed by atoms with Gasteiger partial charge in [0.1, 0.15) is 4.90 Å². The highest BCUT2D eigenvalue weighted by Gasteiger charge is 2.28. The fourth-order valence-corrected chi connectivity index (χ4v) is 4.17. The van der Waals surface area contributed by atoms with Crippen molar-refractivity contribution in [2.45, 2.75) is 44.0 Å². The monoisotopic (exact) mass is 402 g/mol. The molecule has 0 aromatic heterocycles. The first kappa shape index (κ1) is 20.7. The van der Waals surface area contributed by atoms with Gasteiger partial charge in [0.15, 0.2) is 6.61 Å². The summed E-state index contributed by atoms with van der Waals surface area (Å²) in [6, 6.07) is 3.64. The van der Waals surface area contributed by atoms with E-state index in [4.69, 9.17) is 21.5 Å². The Morgan fingerprint density at radius 2 is 2.00 bits per heavy atom. The average Bonchev–Trinajstić information content (AvgIpc) is 2.56. The number of nitrogens with one attached hydrogen (secondary N) is 1. The van der Waals surface area contributed by atoms with Gasteiger partial charge in [0, 0.05) is 6.04 Å². The second kappa shape index (κ2) is 8.37. The third kappa shape index (κ3) is 5.18. The van der Waals surface area contributed by atoms with Crippen LogP contribution in [0, 0.1) is 11.8 Å². The summed E-state index contributed by atoms with van der Waals surface area (Å²) in [7, 11) is -4.07. The van der Waals surface area contributed by atoms with Crippen LogP contribution in [0.15, 0.2) is 23.1 Å². The zero-order valence-electron chi connectivity index (χ0n) is 14.7. The molecule has 1 fully saturated rings. The second-order valence-corrected chi connectivity index (χ2v) is 8.64. The van der Waals surface area contributed by atoms with Gasteiger partial charge >= 0.3 is 5.97 Å². The first-order chi connectivity index (χ1) is 12.1. The number of carbonyl (C=O) groups excluding carboxylic acids is 2. The summed E-state index contributed by atoms with van der Waals surface area (Å²) in [4.78, 5) is 23.7. The molecular weight excluding hydrogens is 380 g/mol. The molecule has 9 heteroatoms. The molecule has 1 amide bonds. The second-order valence-electron chi connectivity index (χ2n) is 6.71. The summed E-state index contributed by atoms with van der Waals surface area (Å²) < 4.78 is 27.9. The van der Waals surface area contributed by atoms with E-state index < -0.39 is 22.6 Å². The van der Waals surface area contributed by atoms with E-state index in [-0.39, 0.29) is 27.4 Å². The molecular formula is C17H23ClN2O5S. The first-order valence-electron chi connectivity index (χ1n) is 8.38. The van der Waals surface area contributed by atoms with Crippen LogP contribution in [0.4, 0.5) is 0 Å². The van der Waals surface area contributed by atoms with Gasteiger partial charge in [0.25, 0.3) is 5.91 Å². The van der Waals surface area contributed by atoms with Crippen molar-refractivity contribution in [3.63, 3.8) is 0 Å². The van der Waals surface area contributed by atoms with Gasteiger partial charge in [-0.05, 0) is 36.5 Å². The van der Waals surface area contributed by atoms with Crippen molar-refractivity contribution in [2.75, 3.05) is 6.61 Å². The van der Waals surface area contributed by atoms with E-state index in [9.17, 15) is 18.0 Å². The molecule has 1 aromatic carbocycles. The summed E-state index contributed by atoms with van der Waals surface area (Å²) in [5.74, 6) is -0.323. The maximum absolute atomic E-state index is 12.1. The van der Waals surface area contributed by atoms with Crippen LogP contribution in [0.3, 0.4) is 0 Å². The van der Waals surface area contributed by atoms with Crippen LogP contribution in [0.25, 0.3) is 0 Å². The molecule has 0 spiro atoms. The Kier molecular flexibility index (Phi) is 6.65. The SMILES string of the molecule is CC1CCCC(NC(=O)COC(=O)c2ccc(Cl)c(S(N)(=O)=O)c2)C1C. The van der Waals surface area contributed by atoms with Crippen LogP contribution < -0.4 is 10.5 Å². The van der Waals surface area contributed by atoms with Crippen LogP contribution in [-0.2, 0) is 19.6 Å². The Labute approximate surface area is 158 Å². The fraction of sp³-hybridized carbons (Fsp3) is 0.529. The van der Waals surface area contributed by atoms with Gasteiger partial charge < -0.3 is 10.1 Å². The molecule has 1 saturated carbocycles. The normalized spacial score (nSPS) is 23.3. The maximum atomic E-state index is 12.1. The molecule has 144 valence electrons. The number of esters is 1. The minimum Gasteiger partial charge on any atom is -0.452 e. The largest absolute Gasteiger partial charge is 0.452 e. The molecule has 0 aliphatic heterocycles. The van der Waals surface area contributed by atoms with Gasteiger partial charge in [-0.2, -0.15) is 0 Å². The predicted molar refractivity (Wildman–Crippen MR) is 97.2 cm³/mol. The Hall–Kier alpha value is -1.64. The van der Waals surface area contributed by atoms with Gasteiger partial charge in [-0.15, -0.1) is 0 Å². The van der Waals surface area contributed by atoms with Gasteiger partial charge in [0.05, 0.1) is 10.6 Å². The van der Waals surface area contributed by atoms with E-state index in [1.165, 1.54) is 12.1 Å². The molecule has 1 aliphatic rings. The van der Waals surface area contributed by atoms with Crippen LogP contribution in [0.5, 0.6) is 0 Å². The molecule has 0 heterocycles. The van der Waals surface area contributed by atoms with Crippen LogP contribution in [0.2, 0.25) is 5.02 Å². The van der Waals surface area contributed by atoms with Gasteiger partial charge in [0.2, 0.25) is 10.0 Å². The van der Waals surface area contributed by atoms with E-state index in [1.54, 1.807) is 0 Å². The maximum Gasteiger partial charge on any atom is 0.338 e. The molecule has 1 aromatic rings. The van der Waals surface area contributed by atoms with Gasteiger partial charge in [-0.1, -0.05) is 38.3 Å². The number of halogens is 1. The highest BCUT2D eigenvalue weighted by molar-refractivity contribution is 7.89. The number of primary sulfonamides is 1. The lowest BCUT2D eigenvalue weighted by molar-refractivity contribution is -0.125. The summed E-state index contributed by atoms with van der Waals surface area (Å²) in [5, 5.41) is 7.85. The molecule has 7 nitrogen and oxygen atoms in total. The molecule has 26 heavy (non-hydrogen) atoms. The summed E-state index contributed by atoms with van der Waals surface area (Å²) in [6.45, 7) is 3.82. The number of ether oxygens (including phenoxy) is 1. The molecule has 1 aliphatic carbocycles. The van der Waals surface area contributed by atoms with Crippen molar-refractivity contribution >= 4 is 33.5 Å². The van der Waals surface area contributed by atoms with Crippen molar-refractivity contribution < 1.29 is 22.7 Å². The number of hydrogen-bond donors (Lipinski definition) is 2. The lowest BCUT2D eigenvalue weighted by atomic mass is 9.78. The quantitative estimate of drug-likeness (QED) is 0.731. The number of carbonyl (C=O) groups is 2. The topological polar surface area (TPSA) is 116 Å². The lowest BCUT2D eigenvalue weighted by Gasteiger charge is -2.34. The molecule has 2 rings (SSSR count). The van der Waals surface area contributed by atoms with E-state index >= 15 is 0 Å². The summed E-state index contributed by atoms with van der Waals surface area (Å²) in [6.07, 6.45) is 3.10. The highest BCUT2D eigenvalue weighted by atomic mass is 35.5. The zero-order chi connectivity index (χ0) is 19.5. The molecule has 3 atom stereocenters. The molecule has 0 bridgehead atoms. The molecule has 0 saturated heterocycles. The van der Waals surface area contributed by atoms with Crippen molar-refractivity contribution in [3.05, 3.63) is 28.8 Å². The molecule has 0 radical (unpaired) electrons. The number of sulfonamides is 1. The predicted octanol–water partition coefficient (Wildman–Crippen LogP) is 2.09. The van der Waals surface area contributed by atoms with E-state index in [2.05, 4.69) is 19.2 Å². The van der Waals surface area contributed by atoms with E-state index in [1.807, 2.05) is 0 Å². The Morgan fingerprint density at radius 1 is 1.31 bits per heavy atom. The van der Waals surface area contributed by atoms with Crippen LogP contribution in [0.1, 0.15) is 43.5 Å². The minimum atomic E-state index is -4.07. The Morgan fingerprint density at radius 3 is 2.65 bits per heavy atom. The smallest absolute Gasteiger partial charge is 0.338 e. The third-order valence-corrected chi connectivity index (χ3v) is 6.25. The Bertz CT molecular complexity index is 796. The van der Waals surface area contributed by atoms with Crippen molar-refractivity contribution in [2.24, 2.45) is 17.0 Å². The third-order valence-electron chi connectivity index (χ3n) is 4.86. The molecule has 3 unspecified atom stereocenters. The lowest BCUT2D eigenvalue weighted by Crippen LogP contribution is -2.45. The van der Waals surface area contributed by atoms with Crippen molar-refractivity contribution in [1.29, 1.82) is 0 Å². The van der Waals surface area contributed by atoms with Crippen LogP contribution in [-0.4, -0.2) is 32.9 Å². The number of amides is 1. The van der Waals surface area contributed by atoms with Crippen molar-refractivity contribution in [3.8, 4) is 0 Å².